The minimum Gasteiger partial charge on any atom is -0.756 e. The van der Waals surface area contributed by atoms with E-state index in [4.69, 9.17) is 13.8 Å². The third-order valence-electron chi connectivity index (χ3n) is 15.4. The molecular formula is C76H135N2O7P. The zero-order valence-electron chi connectivity index (χ0n) is 56.7. The minimum absolute atomic E-state index is 0.0309. The Morgan fingerprint density at radius 3 is 1.14 bits per heavy atom. The fraction of sp³-hybridized carbons (Fsp3) is 0.737. The Labute approximate surface area is 531 Å². The Balaban J connectivity index is 5.08. The Bertz CT molecular complexity index is 1840. The van der Waals surface area contributed by atoms with E-state index in [1.54, 1.807) is 0 Å². The molecule has 0 aromatic carbocycles. The van der Waals surface area contributed by atoms with E-state index in [-0.39, 0.29) is 24.9 Å². The lowest BCUT2D eigenvalue weighted by atomic mass is 10.0. The summed E-state index contributed by atoms with van der Waals surface area (Å²) in [7, 11) is 1.16. The molecule has 0 aliphatic carbocycles. The Hall–Kier alpha value is -3.33. The largest absolute Gasteiger partial charge is 0.756 e. The summed E-state index contributed by atoms with van der Waals surface area (Å²) in [5.74, 6) is -0.562. The summed E-state index contributed by atoms with van der Waals surface area (Å²) in [4.78, 5) is 40.2. The lowest BCUT2D eigenvalue weighted by Gasteiger charge is -2.30. The van der Waals surface area contributed by atoms with Crippen LogP contribution in [-0.4, -0.2) is 69.4 Å². The summed E-state index contributed by atoms with van der Waals surface area (Å²) >= 11 is 0. The molecule has 3 atom stereocenters. The standard InChI is InChI=1S/C76H135N2O7P/c1-7-10-13-16-19-22-25-28-30-32-34-36-37-38-39-40-41-43-45-47-49-51-54-57-60-63-66-69-76(80)85-74(67-64-61-58-55-52-27-24-21-18-15-12-9-3)73(72-84-86(81,82)83-71-70-78(4,5)6)77-75(79)68-65-62-59-56-53-50-48-46-44-42-35-33-31-29-26-23-20-17-14-11-8-2/h11,14,19-20,22-23,28-31,34-36,42,46,48,64,67,73-74H,7-10,12-13,15-18,21,24-27,32-33,37-41,43-45,47,49-63,65-66,68-72H2,1-6H3,(H-,77,79,81,82)/b14-11-,22-19-,23-20-,30-28-,31-29-,36-34-,42-35-,48-46-,67-64-. The first-order chi connectivity index (χ1) is 41.9. The van der Waals surface area contributed by atoms with Gasteiger partial charge in [-0.05, 0) is 115 Å². The molecule has 0 bridgehead atoms. The van der Waals surface area contributed by atoms with Gasteiger partial charge in [-0.2, -0.15) is 0 Å². The van der Waals surface area contributed by atoms with Gasteiger partial charge in [0.1, 0.15) is 19.3 Å². The van der Waals surface area contributed by atoms with Gasteiger partial charge in [-0.1, -0.05) is 291 Å². The van der Waals surface area contributed by atoms with Crippen LogP contribution in [0.3, 0.4) is 0 Å². The van der Waals surface area contributed by atoms with E-state index < -0.39 is 26.6 Å². The second kappa shape index (κ2) is 64.6. The van der Waals surface area contributed by atoms with E-state index in [0.29, 0.717) is 23.9 Å². The molecule has 0 aromatic heterocycles. The lowest BCUT2D eigenvalue weighted by Crippen LogP contribution is -2.47. The van der Waals surface area contributed by atoms with Crippen LogP contribution in [0, 0.1) is 0 Å². The van der Waals surface area contributed by atoms with Crippen LogP contribution in [0.2, 0.25) is 0 Å². The molecule has 0 aromatic rings. The summed E-state index contributed by atoms with van der Waals surface area (Å²) in [5, 5.41) is 3.03. The number of quaternary nitrogens is 1. The molecule has 1 N–H and O–H groups in total. The fourth-order valence-corrected chi connectivity index (χ4v) is 10.7. The summed E-state index contributed by atoms with van der Waals surface area (Å²) in [6.45, 7) is 6.70. The second-order valence-electron chi connectivity index (χ2n) is 25.0. The maximum Gasteiger partial charge on any atom is 0.306 e. The number of nitrogens with one attached hydrogen (secondary N) is 1. The first-order valence-electron chi connectivity index (χ1n) is 35.7. The van der Waals surface area contributed by atoms with Crippen LogP contribution < -0.4 is 10.2 Å². The third-order valence-corrected chi connectivity index (χ3v) is 16.4. The van der Waals surface area contributed by atoms with Gasteiger partial charge in [-0.3, -0.25) is 14.2 Å². The number of hydrogen-bond acceptors (Lipinski definition) is 7. The highest BCUT2D eigenvalue weighted by Gasteiger charge is 2.27. The van der Waals surface area contributed by atoms with Crippen LogP contribution in [0.5, 0.6) is 0 Å². The molecular weight excluding hydrogens is 1080 g/mol. The third kappa shape index (κ3) is 65.1. The van der Waals surface area contributed by atoms with Crippen LogP contribution in [0.25, 0.3) is 0 Å². The van der Waals surface area contributed by atoms with Gasteiger partial charge in [0.25, 0.3) is 7.82 Å². The number of carbonyl (C=O) groups is 2. The number of phosphoric ester groups is 1. The molecule has 0 saturated carbocycles. The normalized spacial score (nSPS) is 14.2. The number of rotatable bonds is 64. The summed E-state index contributed by atoms with van der Waals surface area (Å²) < 4.78 is 30.4. The van der Waals surface area contributed by atoms with E-state index in [1.807, 2.05) is 33.3 Å². The number of phosphoric acid groups is 1. The fourth-order valence-electron chi connectivity index (χ4n) is 9.97. The number of allylic oxidation sites excluding steroid dienone is 17. The van der Waals surface area contributed by atoms with Crippen molar-refractivity contribution in [1.82, 2.24) is 5.32 Å². The Kier molecular flexibility index (Phi) is 62.1. The second-order valence-corrected chi connectivity index (χ2v) is 26.4. The molecule has 0 aliphatic heterocycles. The van der Waals surface area contributed by atoms with Crippen molar-refractivity contribution in [3.05, 3.63) is 109 Å². The van der Waals surface area contributed by atoms with Crippen molar-refractivity contribution in [2.45, 2.75) is 322 Å². The van der Waals surface area contributed by atoms with Gasteiger partial charge in [0.05, 0.1) is 33.8 Å². The SMILES string of the molecule is CC/C=C\C/C=C\C/C=C\C/C=C\C/C=C\CCCCCCCC(=O)NC(COP(=O)([O-])OCC[N+](C)(C)C)C(/C=C\CCCCCCCCCCCC)OC(=O)CCCCCCCCCCCCCCCC/C=C\C/C=C\C/C=C\CCCCC. The topological polar surface area (TPSA) is 114 Å². The molecule has 9 nitrogen and oxygen atoms in total. The Morgan fingerprint density at radius 1 is 0.419 bits per heavy atom. The highest BCUT2D eigenvalue weighted by atomic mass is 31.2. The summed E-state index contributed by atoms with van der Waals surface area (Å²) in [5.41, 5.74) is 0. The number of amides is 1. The molecule has 10 heteroatoms. The van der Waals surface area contributed by atoms with Crippen molar-refractivity contribution >= 4 is 19.7 Å². The first kappa shape index (κ1) is 82.7. The van der Waals surface area contributed by atoms with Crippen LogP contribution in [0.15, 0.2) is 109 Å². The first-order valence-corrected chi connectivity index (χ1v) is 37.2. The van der Waals surface area contributed by atoms with Gasteiger partial charge in [0.2, 0.25) is 5.91 Å². The van der Waals surface area contributed by atoms with Crippen molar-refractivity contribution in [2.24, 2.45) is 0 Å². The predicted octanol–water partition coefficient (Wildman–Crippen LogP) is 22.2. The molecule has 1 amide bonds. The van der Waals surface area contributed by atoms with E-state index in [1.165, 1.54) is 154 Å². The van der Waals surface area contributed by atoms with Gasteiger partial charge >= 0.3 is 5.97 Å². The molecule has 0 fully saturated rings. The zero-order valence-corrected chi connectivity index (χ0v) is 57.6. The van der Waals surface area contributed by atoms with E-state index in [0.717, 1.165) is 116 Å². The maximum atomic E-state index is 13.6. The molecule has 0 aliphatic rings. The van der Waals surface area contributed by atoms with Gasteiger partial charge in [0.15, 0.2) is 0 Å². The molecule has 3 unspecified atom stereocenters. The summed E-state index contributed by atoms with van der Waals surface area (Å²) in [6, 6.07) is -0.906. The molecule has 0 radical (unpaired) electrons. The van der Waals surface area contributed by atoms with Gasteiger partial charge in [-0.25, -0.2) is 0 Å². The van der Waals surface area contributed by atoms with E-state index >= 15 is 0 Å². The van der Waals surface area contributed by atoms with Crippen LogP contribution >= 0.6 is 7.82 Å². The van der Waals surface area contributed by atoms with Gasteiger partial charge in [0, 0.05) is 12.8 Å². The monoisotopic (exact) mass is 1220 g/mol. The number of unbranched alkanes of at least 4 members (excludes halogenated alkanes) is 32. The van der Waals surface area contributed by atoms with E-state index in [2.05, 4.69) is 123 Å². The van der Waals surface area contributed by atoms with Gasteiger partial charge in [-0.15, -0.1) is 0 Å². The number of likely N-dealkylation sites (N-methyl/N-ethyl adjacent to an activating group) is 1. The van der Waals surface area contributed by atoms with Crippen LogP contribution in [0.1, 0.15) is 310 Å². The number of nitrogens with zero attached hydrogens (tertiary/aromatic N) is 1. The number of esters is 1. The molecule has 0 heterocycles. The van der Waals surface area contributed by atoms with Crippen LogP contribution in [-0.2, 0) is 27.9 Å². The zero-order chi connectivity index (χ0) is 62.8. The molecule has 0 rings (SSSR count). The molecule has 496 valence electrons. The quantitative estimate of drug-likeness (QED) is 0.0212. The van der Waals surface area contributed by atoms with Crippen molar-refractivity contribution in [3.63, 3.8) is 0 Å². The highest BCUT2D eigenvalue weighted by Crippen LogP contribution is 2.38. The minimum atomic E-state index is -4.72. The van der Waals surface area contributed by atoms with Crippen molar-refractivity contribution in [3.8, 4) is 0 Å². The average molecular weight is 1220 g/mol. The Morgan fingerprint density at radius 2 is 0.744 bits per heavy atom. The van der Waals surface area contributed by atoms with Gasteiger partial charge < -0.3 is 28.5 Å². The maximum absolute atomic E-state index is 13.6. The average Bonchev–Trinajstić information content (AvgIpc) is 3.66. The smallest absolute Gasteiger partial charge is 0.306 e. The number of ether oxygens (including phenoxy) is 1. The predicted molar refractivity (Wildman–Crippen MR) is 371 cm³/mol. The highest BCUT2D eigenvalue weighted by molar-refractivity contribution is 7.45. The number of carbonyl (C=O) groups excluding carboxylic acids is 2. The molecule has 0 spiro atoms. The van der Waals surface area contributed by atoms with Crippen molar-refractivity contribution < 1.29 is 37.3 Å². The molecule has 0 saturated heterocycles. The molecule has 86 heavy (non-hydrogen) atoms. The lowest BCUT2D eigenvalue weighted by molar-refractivity contribution is -0.870. The van der Waals surface area contributed by atoms with E-state index in [9.17, 15) is 19.0 Å². The van der Waals surface area contributed by atoms with Crippen molar-refractivity contribution in [1.29, 1.82) is 0 Å². The van der Waals surface area contributed by atoms with Crippen LogP contribution in [0.4, 0.5) is 0 Å². The summed E-state index contributed by atoms with van der Waals surface area (Å²) in [6.07, 6.45) is 89.3. The number of hydrogen-bond donors (Lipinski definition) is 1. The van der Waals surface area contributed by atoms with Crippen molar-refractivity contribution in [2.75, 3.05) is 40.9 Å².